The lowest BCUT2D eigenvalue weighted by Crippen LogP contribution is -1.93. The lowest BCUT2D eigenvalue weighted by molar-refractivity contribution is -0.131. The molecule has 0 saturated heterocycles. The zero-order chi connectivity index (χ0) is 12.1. The van der Waals surface area contributed by atoms with Crippen LogP contribution in [0, 0.1) is 18.3 Å². The molecule has 80 valence electrons. The number of aliphatic carboxylic acids is 1. The largest absolute Gasteiger partial charge is 0.478 e. The van der Waals surface area contributed by atoms with Crippen molar-refractivity contribution >= 4 is 18.3 Å². The summed E-state index contributed by atoms with van der Waals surface area (Å²) in [7, 11) is 0. The minimum Gasteiger partial charge on any atom is -0.478 e. The summed E-state index contributed by atoms with van der Waals surface area (Å²) in [6.07, 6.45) is 2.90. The van der Waals surface area contributed by atoms with Crippen LogP contribution in [0.15, 0.2) is 18.2 Å². The van der Waals surface area contributed by atoms with Gasteiger partial charge in [-0.05, 0) is 36.3 Å². The number of hydrogen-bond donors (Lipinski definition) is 1. The Morgan fingerprint density at radius 3 is 2.62 bits per heavy atom. The van der Waals surface area contributed by atoms with E-state index < -0.39 is 5.97 Å². The van der Waals surface area contributed by atoms with Crippen molar-refractivity contribution in [2.24, 2.45) is 0 Å². The summed E-state index contributed by atoms with van der Waals surface area (Å²) in [4.78, 5) is 21.0. The SMILES string of the molecule is Cc1cc(C#N)c(/C=C/C(=O)O)cc1C=O. The van der Waals surface area contributed by atoms with Crippen LogP contribution < -0.4 is 0 Å². The second-order valence-corrected chi connectivity index (χ2v) is 3.20. The molecule has 4 nitrogen and oxygen atoms in total. The van der Waals surface area contributed by atoms with Crippen LogP contribution in [0.25, 0.3) is 6.08 Å². The van der Waals surface area contributed by atoms with E-state index in [1.165, 1.54) is 12.1 Å². The first-order valence-corrected chi connectivity index (χ1v) is 4.49. The zero-order valence-corrected chi connectivity index (χ0v) is 8.60. The van der Waals surface area contributed by atoms with E-state index in [0.29, 0.717) is 28.5 Å². The number of carbonyl (C=O) groups is 2. The molecule has 0 unspecified atom stereocenters. The molecule has 0 aliphatic rings. The third kappa shape index (κ3) is 2.55. The minimum absolute atomic E-state index is 0.348. The highest BCUT2D eigenvalue weighted by atomic mass is 16.4. The van der Waals surface area contributed by atoms with Crippen LogP contribution in [0.1, 0.15) is 27.0 Å². The van der Waals surface area contributed by atoms with Crippen LogP contribution in [0.5, 0.6) is 0 Å². The Kier molecular flexibility index (Phi) is 3.57. The second kappa shape index (κ2) is 4.89. The second-order valence-electron chi connectivity index (χ2n) is 3.20. The third-order valence-electron chi connectivity index (χ3n) is 2.09. The number of carbonyl (C=O) groups excluding carboxylic acids is 1. The van der Waals surface area contributed by atoms with Crippen molar-refractivity contribution in [3.63, 3.8) is 0 Å². The molecule has 1 aromatic rings. The van der Waals surface area contributed by atoms with Crippen molar-refractivity contribution in [3.8, 4) is 6.07 Å². The number of nitrogens with zero attached hydrogens (tertiary/aromatic N) is 1. The quantitative estimate of drug-likeness (QED) is 0.615. The fourth-order valence-electron chi connectivity index (χ4n) is 1.27. The van der Waals surface area contributed by atoms with Gasteiger partial charge in [0.2, 0.25) is 0 Å². The first-order chi connectivity index (χ1) is 7.58. The Balaban J connectivity index is 3.31. The molecule has 1 aromatic carbocycles. The fraction of sp³-hybridized carbons (Fsp3) is 0.0833. The van der Waals surface area contributed by atoms with Gasteiger partial charge in [0.25, 0.3) is 0 Å². The van der Waals surface area contributed by atoms with E-state index in [0.717, 1.165) is 6.08 Å². The summed E-state index contributed by atoms with van der Waals surface area (Å²) < 4.78 is 0. The minimum atomic E-state index is -1.10. The van der Waals surface area contributed by atoms with E-state index in [-0.39, 0.29) is 0 Å². The van der Waals surface area contributed by atoms with Gasteiger partial charge < -0.3 is 5.11 Å². The number of carboxylic acid groups (broad SMARTS) is 1. The van der Waals surface area contributed by atoms with Crippen LogP contribution in [-0.2, 0) is 4.79 Å². The summed E-state index contributed by atoms with van der Waals surface area (Å²) in [6.45, 7) is 1.72. The first kappa shape index (κ1) is 11.7. The summed E-state index contributed by atoms with van der Waals surface area (Å²) in [5.41, 5.74) is 1.92. The topological polar surface area (TPSA) is 78.2 Å². The van der Waals surface area contributed by atoms with Crippen LogP contribution in [0.2, 0.25) is 0 Å². The molecule has 0 bridgehead atoms. The summed E-state index contributed by atoms with van der Waals surface area (Å²) >= 11 is 0. The molecular formula is C12H9NO3. The Morgan fingerprint density at radius 1 is 1.44 bits per heavy atom. The first-order valence-electron chi connectivity index (χ1n) is 4.49. The average molecular weight is 215 g/mol. The van der Waals surface area contributed by atoms with Crippen molar-refractivity contribution in [1.29, 1.82) is 5.26 Å². The maximum absolute atomic E-state index is 10.7. The molecule has 1 N–H and O–H groups in total. The van der Waals surface area contributed by atoms with Crippen molar-refractivity contribution in [3.05, 3.63) is 40.5 Å². The van der Waals surface area contributed by atoms with Crippen LogP contribution in [0.3, 0.4) is 0 Å². The predicted octanol–water partition coefficient (Wildman–Crippen LogP) is 1.78. The van der Waals surface area contributed by atoms with E-state index in [1.807, 2.05) is 6.07 Å². The van der Waals surface area contributed by atoms with E-state index in [4.69, 9.17) is 10.4 Å². The fourth-order valence-corrected chi connectivity index (χ4v) is 1.27. The Hall–Kier alpha value is -2.41. The van der Waals surface area contributed by atoms with Crippen LogP contribution in [0.4, 0.5) is 0 Å². The van der Waals surface area contributed by atoms with Gasteiger partial charge in [0, 0.05) is 11.6 Å². The highest BCUT2D eigenvalue weighted by Gasteiger charge is 2.04. The van der Waals surface area contributed by atoms with Crippen molar-refractivity contribution < 1.29 is 14.7 Å². The standard InChI is InChI=1S/C12H9NO3/c1-8-4-10(6-13)9(2-3-12(15)16)5-11(8)7-14/h2-5,7H,1H3,(H,15,16)/b3-2+. The molecule has 0 fully saturated rings. The predicted molar refractivity (Wildman–Crippen MR) is 58.0 cm³/mol. The van der Waals surface area contributed by atoms with Gasteiger partial charge >= 0.3 is 5.97 Å². The van der Waals surface area contributed by atoms with Crippen molar-refractivity contribution in [2.45, 2.75) is 6.92 Å². The van der Waals surface area contributed by atoms with Crippen LogP contribution >= 0.6 is 0 Å². The van der Waals surface area contributed by atoms with E-state index in [9.17, 15) is 9.59 Å². The summed E-state index contributed by atoms with van der Waals surface area (Å²) in [6, 6.07) is 5.01. The summed E-state index contributed by atoms with van der Waals surface area (Å²) in [5, 5.41) is 17.3. The highest BCUT2D eigenvalue weighted by molar-refractivity contribution is 5.87. The molecule has 0 saturated carbocycles. The van der Waals surface area contributed by atoms with Gasteiger partial charge in [-0.2, -0.15) is 5.26 Å². The molecule has 16 heavy (non-hydrogen) atoms. The molecule has 1 rings (SSSR count). The molecule has 0 aliphatic heterocycles. The molecule has 0 radical (unpaired) electrons. The molecule has 0 aliphatic carbocycles. The molecule has 0 spiro atoms. The Morgan fingerprint density at radius 2 is 2.12 bits per heavy atom. The molecule has 0 aromatic heterocycles. The van der Waals surface area contributed by atoms with Crippen molar-refractivity contribution in [1.82, 2.24) is 0 Å². The smallest absolute Gasteiger partial charge is 0.328 e. The molecular weight excluding hydrogens is 206 g/mol. The van der Waals surface area contributed by atoms with E-state index >= 15 is 0 Å². The molecule has 0 amide bonds. The van der Waals surface area contributed by atoms with Gasteiger partial charge in [0.1, 0.15) is 6.29 Å². The number of hydrogen-bond acceptors (Lipinski definition) is 3. The average Bonchev–Trinajstić information content (AvgIpc) is 2.26. The van der Waals surface area contributed by atoms with Gasteiger partial charge in [-0.1, -0.05) is 0 Å². The van der Waals surface area contributed by atoms with Crippen LogP contribution in [-0.4, -0.2) is 17.4 Å². The number of carboxylic acids is 1. The monoisotopic (exact) mass is 215 g/mol. The van der Waals surface area contributed by atoms with Gasteiger partial charge in [0.15, 0.2) is 0 Å². The molecule has 0 heterocycles. The number of aldehydes is 1. The number of aryl methyl sites for hydroxylation is 1. The van der Waals surface area contributed by atoms with E-state index in [1.54, 1.807) is 13.0 Å². The van der Waals surface area contributed by atoms with Crippen molar-refractivity contribution in [2.75, 3.05) is 0 Å². The van der Waals surface area contributed by atoms with Gasteiger partial charge in [-0.3, -0.25) is 4.79 Å². The molecule has 0 atom stereocenters. The Bertz CT molecular complexity index is 510. The number of benzene rings is 1. The highest BCUT2D eigenvalue weighted by Crippen LogP contribution is 2.16. The molecule has 4 heteroatoms. The van der Waals surface area contributed by atoms with E-state index in [2.05, 4.69) is 0 Å². The summed E-state index contributed by atoms with van der Waals surface area (Å²) in [5.74, 6) is -1.10. The maximum atomic E-state index is 10.7. The van der Waals surface area contributed by atoms with Gasteiger partial charge in [-0.15, -0.1) is 0 Å². The third-order valence-corrected chi connectivity index (χ3v) is 2.09. The zero-order valence-electron chi connectivity index (χ0n) is 8.60. The lowest BCUT2D eigenvalue weighted by Gasteiger charge is -2.02. The number of nitriles is 1. The maximum Gasteiger partial charge on any atom is 0.328 e. The Labute approximate surface area is 92.4 Å². The lowest BCUT2D eigenvalue weighted by atomic mass is 10.00. The van der Waals surface area contributed by atoms with Gasteiger partial charge in [0.05, 0.1) is 11.6 Å². The number of rotatable bonds is 3. The van der Waals surface area contributed by atoms with Gasteiger partial charge in [-0.25, -0.2) is 4.79 Å². The normalized spacial score (nSPS) is 10.0.